The molecule has 14 heavy (non-hydrogen) atoms. The van der Waals surface area contributed by atoms with Gasteiger partial charge in [0.05, 0.1) is 7.11 Å². The Morgan fingerprint density at radius 1 is 1.43 bits per heavy atom. The Balaban J connectivity index is 3.38. The van der Waals surface area contributed by atoms with Gasteiger partial charge in [-0.2, -0.15) is 0 Å². The minimum absolute atomic E-state index is 0.291. The molecule has 0 saturated heterocycles. The number of hydrogen-bond acceptors (Lipinski definition) is 2. The smallest absolute Gasteiger partial charge is 0.330 e. The van der Waals surface area contributed by atoms with E-state index in [1.54, 1.807) is 6.08 Å². The van der Waals surface area contributed by atoms with E-state index in [-0.39, 0.29) is 5.97 Å². The average molecular weight is 194 g/mol. The lowest BCUT2D eigenvalue weighted by molar-refractivity contribution is -0.134. The van der Waals surface area contributed by atoms with Crippen molar-refractivity contribution < 1.29 is 9.53 Å². The third kappa shape index (κ3) is 7.35. The van der Waals surface area contributed by atoms with E-state index < -0.39 is 0 Å². The SMILES string of the molecule is C=CC(=C)CCCC/C=C/C(=O)OC. The molecule has 2 heteroatoms. The van der Waals surface area contributed by atoms with Crippen molar-refractivity contribution >= 4 is 5.97 Å². The van der Waals surface area contributed by atoms with Crippen LogP contribution >= 0.6 is 0 Å². The van der Waals surface area contributed by atoms with Crippen molar-refractivity contribution in [3.63, 3.8) is 0 Å². The van der Waals surface area contributed by atoms with Crippen molar-refractivity contribution in [3.05, 3.63) is 37.0 Å². The van der Waals surface area contributed by atoms with Crippen molar-refractivity contribution in [1.82, 2.24) is 0 Å². The lowest BCUT2D eigenvalue weighted by Crippen LogP contribution is -1.93. The molecule has 0 fully saturated rings. The number of hydrogen-bond donors (Lipinski definition) is 0. The molecule has 0 heterocycles. The second kappa shape index (κ2) is 8.30. The van der Waals surface area contributed by atoms with Gasteiger partial charge >= 0.3 is 5.97 Å². The topological polar surface area (TPSA) is 26.3 Å². The van der Waals surface area contributed by atoms with Crippen LogP contribution in [0.1, 0.15) is 25.7 Å². The van der Waals surface area contributed by atoms with E-state index >= 15 is 0 Å². The zero-order chi connectivity index (χ0) is 10.8. The lowest BCUT2D eigenvalue weighted by atomic mass is 10.1. The number of carbonyl (C=O) groups is 1. The minimum atomic E-state index is -0.291. The van der Waals surface area contributed by atoms with Gasteiger partial charge in [0, 0.05) is 6.08 Å². The first-order chi connectivity index (χ1) is 6.70. The highest BCUT2D eigenvalue weighted by molar-refractivity contribution is 5.81. The first-order valence-electron chi connectivity index (χ1n) is 4.75. The van der Waals surface area contributed by atoms with Crippen molar-refractivity contribution in [2.75, 3.05) is 7.11 Å². The second-order valence-electron chi connectivity index (χ2n) is 3.03. The molecule has 0 spiro atoms. The van der Waals surface area contributed by atoms with Gasteiger partial charge in [-0.25, -0.2) is 4.79 Å². The summed E-state index contributed by atoms with van der Waals surface area (Å²) in [4.78, 5) is 10.7. The summed E-state index contributed by atoms with van der Waals surface area (Å²) in [7, 11) is 1.38. The summed E-state index contributed by atoms with van der Waals surface area (Å²) < 4.78 is 4.46. The molecule has 0 N–H and O–H groups in total. The maximum atomic E-state index is 10.7. The van der Waals surface area contributed by atoms with Crippen molar-refractivity contribution in [1.29, 1.82) is 0 Å². The summed E-state index contributed by atoms with van der Waals surface area (Å²) in [5.74, 6) is -0.291. The zero-order valence-electron chi connectivity index (χ0n) is 8.79. The molecule has 0 bridgehead atoms. The van der Waals surface area contributed by atoms with E-state index in [1.165, 1.54) is 13.2 Å². The summed E-state index contributed by atoms with van der Waals surface area (Å²) in [5.41, 5.74) is 1.07. The van der Waals surface area contributed by atoms with Gasteiger partial charge in [0.1, 0.15) is 0 Å². The summed E-state index contributed by atoms with van der Waals surface area (Å²) >= 11 is 0. The largest absolute Gasteiger partial charge is 0.466 e. The fourth-order valence-electron chi connectivity index (χ4n) is 0.964. The van der Waals surface area contributed by atoms with Gasteiger partial charge in [0.15, 0.2) is 0 Å². The molecule has 0 amide bonds. The van der Waals surface area contributed by atoms with Crippen molar-refractivity contribution in [2.24, 2.45) is 0 Å². The number of allylic oxidation sites excluding steroid dienone is 3. The zero-order valence-corrected chi connectivity index (χ0v) is 8.79. The van der Waals surface area contributed by atoms with Crippen LogP contribution in [0, 0.1) is 0 Å². The molecule has 0 aliphatic rings. The molecule has 0 aromatic heterocycles. The molecule has 0 aromatic carbocycles. The second-order valence-corrected chi connectivity index (χ2v) is 3.03. The van der Waals surface area contributed by atoms with Crippen LogP contribution in [-0.4, -0.2) is 13.1 Å². The van der Waals surface area contributed by atoms with Crippen LogP contribution in [0.25, 0.3) is 0 Å². The van der Waals surface area contributed by atoms with Crippen LogP contribution in [-0.2, 0) is 9.53 Å². The van der Waals surface area contributed by atoms with Crippen molar-refractivity contribution in [3.8, 4) is 0 Å². The van der Waals surface area contributed by atoms with Crippen LogP contribution in [0.15, 0.2) is 37.0 Å². The Kier molecular flexibility index (Phi) is 7.52. The number of ether oxygens (including phenoxy) is 1. The lowest BCUT2D eigenvalue weighted by Gasteiger charge is -1.97. The summed E-state index contributed by atoms with van der Waals surface area (Å²) in [5, 5.41) is 0. The molecule has 78 valence electrons. The molecule has 0 aromatic rings. The molecule has 0 aliphatic heterocycles. The van der Waals surface area contributed by atoms with Crippen LogP contribution in [0.3, 0.4) is 0 Å². The molecule has 0 radical (unpaired) electrons. The Labute approximate surface area is 86.0 Å². The van der Waals surface area contributed by atoms with Gasteiger partial charge in [0.25, 0.3) is 0 Å². The first-order valence-corrected chi connectivity index (χ1v) is 4.75. The Bertz CT molecular complexity index is 226. The number of esters is 1. The Morgan fingerprint density at radius 2 is 2.14 bits per heavy atom. The third-order valence-corrected chi connectivity index (χ3v) is 1.86. The summed E-state index contributed by atoms with van der Waals surface area (Å²) in [6.45, 7) is 7.46. The third-order valence-electron chi connectivity index (χ3n) is 1.86. The molecule has 0 saturated carbocycles. The monoisotopic (exact) mass is 194 g/mol. The maximum Gasteiger partial charge on any atom is 0.330 e. The van der Waals surface area contributed by atoms with Gasteiger partial charge in [-0.05, 0) is 25.7 Å². The molecule has 0 unspecified atom stereocenters. The van der Waals surface area contributed by atoms with Crippen LogP contribution < -0.4 is 0 Å². The highest BCUT2D eigenvalue weighted by Crippen LogP contribution is 2.07. The predicted octanol–water partition coefficient (Wildman–Crippen LogP) is 3.02. The van der Waals surface area contributed by atoms with Crippen LogP contribution in [0.4, 0.5) is 0 Å². The van der Waals surface area contributed by atoms with Crippen LogP contribution in [0.5, 0.6) is 0 Å². The molecular formula is C12H18O2. The average Bonchev–Trinajstić information content (AvgIpc) is 2.22. The van der Waals surface area contributed by atoms with E-state index in [0.717, 1.165) is 31.3 Å². The fraction of sp³-hybridized carbons (Fsp3) is 0.417. The number of methoxy groups -OCH3 is 1. The van der Waals surface area contributed by atoms with E-state index in [1.807, 2.05) is 6.08 Å². The Hall–Kier alpha value is -1.31. The van der Waals surface area contributed by atoms with Gasteiger partial charge in [-0.1, -0.05) is 30.9 Å². The van der Waals surface area contributed by atoms with E-state index in [0.29, 0.717) is 0 Å². The Morgan fingerprint density at radius 3 is 2.71 bits per heavy atom. The normalized spacial score (nSPS) is 10.1. The minimum Gasteiger partial charge on any atom is -0.466 e. The molecular weight excluding hydrogens is 176 g/mol. The van der Waals surface area contributed by atoms with Gasteiger partial charge in [0.2, 0.25) is 0 Å². The predicted molar refractivity (Wildman–Crippen MR) is 59.0 cm³/mol. The quantitative estimate of drug-likeness (QED) is 0.269. The molecule has 2 nitrogen and oxygen atoms in total. The highest BCUT2D eigenvalue weighted by atomic mass is 16.5. The van der Waals surface area contributed by atoms with Gasteiger partial charge in [-0.3, -0.25) is 0 Å². The summed E-state index contributed by atoms with van der Waals surface area (Å²) in [6, 6.07) is 0. The van der Waals surface area contributed by atoms with E-state index in [9.17, 15) is 4.79 Å². The highest BCUT2D eigenvalue weighted by Gasteiger charge is 1.91. The van der Waals surface area contributed by atoms with E-state index in [2.05, 4.69) is 17.9 Å². The molecule has 0 aliphatic carbocycles. The maximum absolute atomic E-state index is 10.7. The number of carbonyl (C=O) groups excluding carboxylic acids is 1. The first kappa shape index (κ1) is 12.7. The van der Waals surface area contributed by atoms with Gasteiger partial charge < -0.3 is 4.74 Å². The van der Waals surface area contributed by atoms with E-state index in [4.69, 9.17) is 0 Å². The number of unbranched alkanes of at least 4 members (excludes halogenated alkanes) is 2. The standard InChI is InChI=1S/C12H18O2/c1-4-11(2)9-7-5-6-8-10-12(13)14-3/h4,8,10H,1-2,5-7,9H2,3H3/b10-8+. The molecule has 0 atom stereocenters. The van der Waals surface area contributed by atoms with Crippen LogP contribution in [0.2, 0.25) is 0 Å². The fourth-order valence-corrected chi connectivity index (χ4v) is 0.964. The summed E-state index contributed by atoms with van der Waals surface area (Å²) in [6.07, 6.45) is 9.10. The van der Waals surface area contributed by atoms with Crippen molar-refractivity contribution in [2.45, 2.75) is 25.7 Å². The molecule has 0 rings (SSSR count). The van der Waals surface area contributed by atoms with Gasteiger partial charge in [-0.15, -0.1) is 0 Å². The number of rotatable bonds is 7.